The van der Waals surface area contributed by atoms with Crippen LogP contribution in [0.3, 0.4) is 0 Å². The predicted octanol–water partition coefficient (Wildman–Crippen LogP) is 4.36. The number of rotatable bonds is 5. The lowest BCUT2D eigenvalue weighted by Crippen LogP contribution is -2.41. The monoisotopic (exact) mass is 346 g/mol. The second kappa shape index (κ2) is 7.98. The van der Waals surface area contributed by atoms with Gasteiger partial charge in [-0.15, -0.1) is 0 Å². The number of carboxylic acids is 1. The fourth-order valence-corrected chi connectivity index (χ4v) is 2.66. The predicted molar refractivity (Wildman–Crippen MR) is 100 cm³/mol. The molecule has 3 aromatic carbocycles. The third-order valence-electron chi connectivity index (χ3n) is 3.88. The van der Waals surface area contributed by atoms with Gasteiger partial charge in [0.1, 0.15) is 0 Å². The van der Waals surface area contributed by atoms with Gasteiger partial charge >= 0.3 is 12.0 Å². The summed E-state index contributed by atoms with van der Waals surface area (Å²) in [6.07, 6.45) is 0. The standard InChI is InChI=1S/C21H18N2O3/c24-20(25)19(16-10-4-1-5-11-16)22-21(26)23(17-12-6-2-7-13-17)18-14-8-3-9-15-18/h1-15,19H,(H,22,26)(H,24,25). The van der Waals surface area contributed by atoms with Crippen LogP contribution in [0.2, 0.25) is 0 Å². The number of nitrogens with one attached hydrogen (secondary N) is 1. The van der Waals surface area contributed by atoms with Gasteiger partial charge in [-0.25, -0.2) is 9.59 Å². The van der Waals surface area contributed by atoms with Gasteiger partial charge in [0.15, 0.2) is 6.04 Å². The van der Waals surface area contributed by atoms with Crippen molar-refractivity contribution in [2.75, 3.05) is 4.90 Å². The Balaban J connectivity index is 1.94. The highest BCUT2D eigenvalue weighted by Gasteiger charge is 2.26. The molecule has 0 heterocycles. The Morgan fingerprint density at radius 1 is 0.731 bits per heavy atom. The highest BCUT2D eigenvalue weighted by Crippen LogP contribution is 2.26. The van der Waals surface area contributed by atoms with Crippen LogP contribution >= 0.6 is 0 Å². The number of para-hydroxylation sites is 2. The molecule has 0 saturated heterocycles. The van der Waals surface area contributed by atoms with Crippen molar-refractivity contribution in [1.82, 2.24) is 5.32 Å². The number of hydrogen-bond donors (Lipinski definition) is 2. The number of carboxylic acid groups (broad SMARTS) is 1. The molecule has 3 rings (SSSR count). The molecule has 0 fully saturated rings. The average Bonchev–Trinajstić information content (AvgIpc) is 2.68. The quantitative estimate of drug-likeness (QED) is 0.721. The molecule has 0 aliphatic rings. The van der Waals surface area contributed by atoms with Crippen molar-refractivity contribution in [2.24, 2.45) is 0 Å². The highest BCUT2D eigenvalue weighted by atomic mass is 16.4. The van der Waals surface area contributed by atoms with Crippen LogP contribution < -0.4 is 10.2 Å². The third-order valence-corrected chi connectivity index (χ3v) is 3.88. The van der Waals surface area contributed by atoms with E-state index < -0.39 is 18.0 Å². The number of nitrogens with zero attached hydrogens (tertiary/aromatic N) is 1. The normalized spacial score (nSPS) is 11.4. The second-order valence-corrected chi connectivity index (χ2v) is 5.64. The maximum Gasteiger partial charge on any atom is 0.330 e. The topological polar surface area (TPSA) is 69.6 Å². The summed E-state index contributed by atoms with van der Waals surface area (Å²) >= 11 is 0. The van der Waals surface area contributed by atoms with E-state index in [1.165, 1.54) is 4.90 Å². The Morgan fingerprint density at radius 2 is 1.15 bits per heavy atom. The van der Waals surface area contributed by atoms with E-state index in [4.69, 9.17) is 0 Å². The first kappa shape index (κ1) is 17.2. The zero-order valence-electron chi connectivity index (χ0n) is 13.9. The van der Waals surface area contributed by atoms with Crippen molar-refractivity contribution >= 4 is 23.4 Å². The fourth-order valence-electron chi connectivity index (χ4n) is 2.66. The summed E-state index contributed by atoms with van der Waals surface area (Å²) in [7, 11) is 0. The molecule has 0 bridgehead atoms. The van der Waals surface area contributed by atoms with E-state index in [1.807, 2.05) is 36.4 Å². The first-order chi connectivity index (χ1) is 12.7. The first-order valence-corrected chi connectivity index (χ1v) is 8.15. The van der Waals surface area contributed by atoms with E-state index in [0.29, 0.717) is 16.9 Å². The van der Waals surface area contributed by atoms with Gasteiger partial charge in [0, 0.05) is 0 Å². The lowest BCUT2D eigenvalue weighted by Gasteiger charge is -2.25. The minimum atomic E-state index is -1.14. The summed E-state index contributed by atoms with van der Waals surface area (Å²) in [5.74, 6) is -1.12. The molecule has 5 nitrogen and oxygen atoms in total. The van der Waals surface area contributed by atoms with Crippen molar-refractivity contribution < 1.29 is 14.7 Å². The molecule has 0 aliphatic heterocycles. The van der Waals surface area contributed by atoms with Crippen LogP contribution in [0.5, 0.6) is 0 Å². The number of hydrogen-bond acceptors (Lipinski definition) is 2. The zero-order valence-corrected chi connectivity index (χ0v) is 13.9. The largest absolute Gasteiger partial charge is 0.479 e. The molecule has 0 aromatic heterocycles. The molecule has 0 saturated carbocycles. The molecule has 26 heavy (non-hydrogen) atoms. The number of amides is 2. The van der Waals surface area contributed by atoms with E-state index in [1.54, 1.807) is 54.6 Å². The SMILES string of the molecule is O=C(O)C(NC(=O)N(c1ccccc1)c1ccccc1)c1ccccc1. The lowest BCUT2D eigenvalue weighted by atomic mass is 10.1. The van der Waals surface area contributed by atoms with E-state index in [0.717, 1.165) is 0 Å². The van der Waals surface area contributed by atoms with Crippen LogP contribution in [0.25, 0.3) is 0 Å². The van der Waals surface area contributed by atoms with Crippen LogP contribution in [-0.4, -0.2) is 17.1 Å². The maximum absolute atomic E-state index is 13.0. The number of anilines is 2. The molecular weight excluding hydrogens is 328 g/mol. The van der Waals surface area contributed by atoms with Crippen LogP contribution in [0.1, 0.15) is 11.6 Å². The molecular formula is C21H18N2O3. The minimum absolute atomic E-state index is 0.509. The summed E-state index contributed by atoms with van der Waals surface area (Å²) in [6, 6.07) is 25.2. The first-order valence-electron chi connectivity index (χ1n) is 8.15. The number of carbonyl (C=O) groups excluding carboxylic acids is 1. The summed E-state index contributed by atoms with van der Waals surface area (Å²) in [6.45, 7) is 0. The van der Waals surface area contributed by atoms with Gasteiger partial charge in [0.05, 0.1) is 11.4 Å². The summed E-state index contributed by atoms with van der Waals surface area (Å²) in [5.41, 5.74) is 1.80. The number of carbonyl (C=O) groups is 2. The third kappa shape index (κ3) is 3.89. The zero-order chi connectivity index (χ0) is 18.4. The van der Waals surface area contributed by atoms with Gasteiger partial charge in [-0.3, -0.25) is 4.90 Å². The molecule has 3 aromatic rings. The molecule has 1 unspecified atom stereocenters. The molecule has 0 aliphatic carbocycles. The summed E-state index contributed by atoms with van der Waals surface area (Å²) in [5, 5.41) is 12.2. The van der Waals surface area contributed by atoms with Crippen LogP contribution in [-0.2, 0) is 4.79 Å². The summed E-state index contributed by atoms with van der Waals surface area (Å²) in [4.78, 5) is 26.1. The minimum Gasteiger partial charge on any atom is -0.479 e. The van der Waals surface area contributed by atoms with Gasteiger partial charge in [-0.2, -0.15) is 0 Å². The number of benzene rings is 3. The van der Waals surface area contributed by atoms with Crippen molar-refractivity contribution in [3.05, 3.63) is 96.6 Å². The Morgan fingerprint density at radius 3 is 1.58 bits per heavy atom. The summed E-state index contributed by atoms with van der Waals surface area (Å²) < 4.78 is 0. The van der Waals surface area contributed by atoms with Gasteiger partial charge in [-0.1, -0.05) is 66.7 Å². The van der Waals surface area contributed by atoms with Crippen LogP contribution in [0.15, 0.2) is 91.0 Å². The Bertz CT molecular complexity index is 828. The van der Waals surface area contributed by atoms with E-state index >= 15 is 0 Å². The highest BCUT2D eigenvalue weighted by molar-refractivity contribution is 6.01. The van der Waals surface area contributed by atoms with Gasteiger partial charge < -0.3 is 10.4 Å². The van der Waals surface area contributed by atoms with Crippen LogP contribution in [0.4, 0.5) is 16.2 Å². The Kier molecular flexibility index (Phi) is 5.29. The maximum atomic E-state index is 13.0. The van der Waals surface area contributed by atoms with Gasteiger partial charge in [0.25, 0.3) is 0 Å². The van der Waals surface area contributed by atoms with Gasteiger partial charge in [0.2, 0.25) is 0 Å². The average molecular weight is 346 g/mol. The van der Waals surface area contributed by atoms with E-state index in [-0.39, 0.29) is 0 Å². The van der Waals surface area contributed by atoms with Gasteiger partial charge in [-0.05, 0) is 29.8 Å². The second-order valence-electron chi connectivity index (χ2n) is 5.64. The van der Waals surface area contributed by atoms with Crippen LogP contribution in [0, 0.1) is 0 Å². The molecule has 0 radical (unpaired) electrons. The van der Waals surface area contributed by atoms with Crippen molar-refractivity contribution in [3.63, 3.8) is 0 Å². The molecule has 5 heteroatoms. The number of aliphatic carboxylic acids is 1. The molecule has 2 amide bonds. The Hall–Kier alpha value is -3.60. The molecule has 1 atom stereocenters. The fraction of sp³-hybridized carbons (Fsp3) is 0.0476. The Labute approximate surface area is 151 Å². The molecule has 130 valence electrons. The van der Waals surface area contributed by atoms with Crippen molar-refractivity contribution in [2.45, 2.75) is 6.04 Å². The van der Waals surface area contributed by atoms with E-state index in [2.05, 4.69) is 5.32 Å². The van der Waals surface area contributed by atoms with Crippen molar-refractivity contribution in [1.29, 1.82) is 0 Å². The lowest BCUT2D eigenvalue weighted by molar-refractivity contribution is -0.139. The number of urea groups is 1. The smallest absolute Gasteiger partial charge is 0.330 e. The molecule has 2 N–H and O–H groups in total. The van der Waals surface area contributed by atoms with Crippen molar-refractivity contribution in [3.8, 4) is 0 Å². The van der Waals surface area contributed by atoms with E-state index in [9.17, 15) is 14.7 Å². The molecule has 0 spiro atoms.